The number of ether oxygens (including phenoxy) is 1. The maximum atomic E-state index is 13.3. The van der Waals surface area contributed by atoms with Gasteiger partial charge in [0.15, 0.2) is 0 Å². The van der Waals surface area contributed by atoms with Gasteiger partial charge in [-0.05, 0) is 32.4 Å². The summed E-state index contributed by atoms with van der Waals surface area (Å²) < 4.78 is 31.6. The summed E-state index contributed by atoms with van der Waals surface area (Å²) in [4.78, 5) is 22.1. The third-order valence-corrected chi connectivity index (χ3v) is 2.38. The predicted molar refractivity (Wildman–Crippen MR) is 72.6 cm³/mol. The molecule has 1 aromatic carbocycles. The van der Waals surface area contributed by atoms with Crippen LogP contribution in [0.5, 0.6) is 0 Å². The summed E-state index contributed by atoms with van der Waals surface area (Å²) in [6.45, 7) is 4.99. The van der Waals surface area contributed by atoms with Crippen LogP contribution in [0.4, 0.5) is 19.3 Å². The lowest BCUT2D eigenvalue weighted by Gasteiger charge is -2.21. The van der Waals surface area contributed by atoms with Crippen molar-refractivity contribution >= 4 is 17.7 Å². The maximum Gasteiger partial charge on any atom is 0.412 e. The molecule has 0 aliphatic carbocycles. The van der Waals surface area contributed by atoms with E-state index in [0.29, 0.717) is 0 Å². The number of aliphatic carboxylic acids is 1. The van der Waals surface area contributed by atoms with Crippen LogP contribution < -0.4 is 5.32 Å². The second kappa shape index (κ2) is 6.07. The average molecular weight is 301 g/mol. The zero-order valence-electron chi connectivity index (χ0n) is 11.9. The van der Waals surface area contributed by atoms with Gasteiger partial charge in [-0.25, -0.2) is 9.59 Å². The zero-order chi connectivity index (χ0) is 16.3. The van der Waals surface area contributed by atoms with Gasteiger partial charge < -0.3 is 9.84 Å². The number of carboxylic acids is 1. The topological polar surface area (TPSA) is 75.6 Å². The second-order valence-electron chi connectivity index (χ2n) is 5.47. The fourth-order valence-corrected chi connectivity index (χ4v) is 1.52. The van der Waals surface area contributed by atoms with Gasteiger partial charge in [0, 0.05) is 12.1 Å². The van der Waals surface area contributed by atoms with Crippen molar-refractivity contribution in [3.63, 3.8) is 0 Å². The van der Waals surface area contributed by atoms with Gasteiger partial charge in [-0.3, -0.25) is 5.32 Å². The molecular weight excluding hydrogens is 284 g/mol. The average Bonchev–Trinajstić information content (AvgIpc) is 2.28. The highest BCUT2D eigenvalue weighted by atomic mass is 19.3. The first-order chi connectivity index (χ1) is 9.51. The molecule has 0 saturated carbocycles. The van der Waals surface area contributed by atoms with Gasteiger partial charge in [0.05, 0.1) is 0 Å². The van der Waals surface area contributed by atoms with Gasteiger partial charge in [0.25, 0.3) is 0 Å². The van der Waals surface area contributed by atoms with Crippen LogP contribution >= 0.6 is 0 Å². The van der Waals surface area contributed by atoms with E-state index < -0.39 is 30.0 Å². The number of hydrogen-bond donors (Lipinski definition) is 2. The summed E-state index contributed by atoms with van der Waals surface area (Å²) in [5.41, 5.74) is -0.632. The van der Waals surface area contributed by atoms with Crippen molar-refractivity contribution in [1.29, 1.82) is 0 Å². The summed E-state index contributed by atoms with van der Waals surface area (Å²) in [7, 11) is 0. The van der Waals surface area contributed by atoms with E-state index in [0.717, 1.165) is 0 Å². The number of carboxylic acid groups (broad SMARTS) is 1. The Labute approximate surface area is 120 Å². The van der Waals surface area contributed by atoms with E-state index in [1.165, 1.54) is 24.3 Å². The van der Waals surface area contributed by atoms with Gasteiger partial charge in [-0.15, -0.1) is 0 Å². The van der Waals surface area contributed by atoms with E-state index in [4.69, 9.17) is 9.84 Å². The van der Waals surface area contributed by atoms with Gasteiger partial charge in [0.2, 0.25) is 0 Å². The van der Waals surface area contributed by atoms with Gasteiger partial charge in [-0.1, -0.05) is 18.2 Å². The molecule has 0 aliphatic rings. The smallest absolute Gasteiger partial charge is 0.412 e. The Morgan fingerprint density at radius 2 is 1.81 bits per heavy atom. The van der Waals surface area contributed by atoms with E-state index in [1.54, 1.807) is 20.8 Å². The molecule has 0 bridgehead atoms. The van der Waals surface area contributed by atoms with Crippen molar-refractivity contribution < 1.29 is 28.2 Å². The predicted octanol–water partition coefficient (Wildman–Crippen LogP) is 3.30. The minimum atomic E-state index is -3.91. The maximum absolute atomic E-state index is 13.3. The number of anilines is 1. The SMILES string of the molecule is CC(C)(C)OC(=O)Nc1ccccc1CC(F)(F)C(=O)O. The Morgan fingerprint density at radius 3 is 2.33 bits per heavy atom. The van der Waals surface area contributed by atoms with Crippen molar-refractivity contribution in [2.45, 2.75) is 38.7 Å². The molecule has 0 saturated heterocycles. The lowest BCUT2D eigenvalue weighted by Crippen LogP contribution is -2.31. The highest BCUT2D eigenvalue weighted by Crippen LogP contribution is 2.25. The Bertz CT molecular complexity index is 538. The first-order valence-corrected chi connectivity index (χ1v) is 6.20. The number of halogens is 2. The molecule has 0 aliphatic heterocycles. The van der Waals surface area contributed by atoms with Crippen molar-refractivity contribution in [3.8, 4) is 0 Å². The normalized spacial score (nSPS) is 11.9. The Kier molecular flexibility index (Phi) is 4.88. The molecule has 116 valence electrons. The van der Waals surface area contributed by atoms with E-state index in [-0.39, 0.29) is 11.3 Å². The van der Waals surface area contributed by atoms with E-state index in [1.807, 2.05) is 0 Å². The second-order valence-corrected chi connectivity index (χ2v) is 5.47. The third kappa shape index (κ3) is 5.37. The molecule has 0 aromatic heterocycles. The van der Waals surface area contributed by atoms with E-state index in [2.05, 4.69) is 5.32 Å². The number of para-hydroxylation sites is 1. The molecule has 0 heterocycles. The van der Waals surface area contributed by atoms with Crippen LogP contribution in [0.2, 0.25) is 0 Å². The molecule has 0 radical (unpaired) electrons. The number of nitrogens with one attached hydrogen (secondary N) is 1. The molecule has 1 aromatic rings. The van der Waals surface area contributed by atoms with Crippen LogP contribution in [0.15, 0.2) is 24.3 Å². The number of rotatable bonds is 4. The molecule has 5 nitrogen and oxygen atoms in total. The summed E-state index contributed by atoms with van der Waals surface area (Å²) in [6.07, 6.45) is -1.82. The minimum Gasteiger partial charge on any atom is -0.477 e. The first-order valence-electron chi connectivity index (χ1n) is 6.20. The molecule has 1 rings (SSSR count). The monoisotopic (exact) mass is 301 g/mol. The molecule has 0 atom stereocenters. The van der Waals surface area contributed by atoms with Crippen molar-refractivity contribution in [3.05, 3.63) is 29.8 Å². The number of alkyl halides is 2. The van der Waals surface area contributed by atoms with Gasteiger partial charge >= 0.3 is 18.0 Å². The number of hydrogen-bond acceptors (Lipinski definition) is 3. The van der Waals surface area contributed by atoms with Gasteiger partial charge in [-0.2, -0.15) is 8.78 Å². The quantitative estimate of drug-likeness (QED) is 0.894. The van der Waals surface area contributed by atoms with E-state index in [9.17, 15) is 18.4 Å². The Morgan fingerprint density at radius 1 is 1.24 bits per heavy atom. The van der Waals surface area contributed by atoms with Crippen LogP contribution in [0.3, 0.4) is 0 Å². The number of carbonyl (C=O) groups is 2. The highest BCUT2D eigenvalue weighted by Gasteiger charge is 2.39. The summed E-state index contributed by atoms with van der Waals surface area (Å²) in [5, 5.41) is 10.8. The summed E-state index contributed by atoms with van der Waals surface area (Å²) in [5.74, 6) is -6.12. The molecule has 7 heteroatoms. The van der Waals surface area contributed by atoms with Crippen LogP contribution in [0.1, 0.15) is 26.3 Å². The molecule has 21 heavy (non-hydrogen) atoms. The standard InChI is InChI=1S/C14H17F2NO4/c1-13(2,3)21-12(20)17-10-7-5-4-6-9(10)8-14(15,16)11(18)19/h4-7H,8H2,1-3H3,(H,17,20)(H,18,19). The minimum absolute atomic E-state index is 0.00996. The first kappa shape index (κ1) is 16.9. The number of benzene rings is 1. The third-order valence-electron chi connectivity index (χ3n) is 2.38. The molecule has 2 N–H and O–H groups in total. The Hall–Kier alpha value is -2.18. The van der Waals surface area contributed by atoms with Crippen molar-refractivity contribution in [2.75, 3.05) is 5.32 Å². The van der Waals surface area contributed by atoms with Crippen LogP contribution in [-0.2, 0) is 16.0 Å². The molecular formula is C14H17F2NO4. The lowest BCUT2D eigenvalue weighted by molar-refractivity contribution is -0.164. The van der Waals surface area contributed by atoms with Crippen LogP contribution in [0.25, 0.3) is 0 Å². The van der Waals surface area contributed by atoms with E-state index >= 15 is 0 Å². The number of amides is 1. The highest BCUT2D eigenvalue weighted by molar-refractivity contribution is 5.86. The van der Waals surface area contributed by atoms with Gasteiger partial charge in [0.1, 0.15) is 5.60 Å². The van der Waals surface area contributed by atoms with Crippen molar-refractivity contribution in [1.82, 2.24) is 0 Å². The summed E-state index contributed by atoms with van der Waals surface area (Å²) >= 11 is 0. The van der Waals surface area contributed by atoms with Crippen LogP contribution in [0, 0.1) is 0 Å². The fraction of sp³-hybridized carbons (Fsp3) is 0.429. The van der Waals surface area contributed by atoms with Crippen molar-refractivity contribution in [2.24, 2.45) is 0 Å². The Balaban J connectivity index is 2.90. The number of carbonyl (C=O) groups excluding carboxylic acids is 1. The largest absolute Gasteiger partial charge is 0.477 e. The molecule has 0 unspecified atom stereocenters. The molecule has 1 amide bonds. The molecule has 0 spiro atoms. The van der Waals surface area contributed by atoms with Crippen LogP contribution in [-0.4, -0.2) is 28.7 Å². The summed E-state index contributed by atoms with van der Waals surface area (Å²) in [6, 6.07) is 5.74. The zero-order valence-corrected chi connectivity index (χ0v) is 11.9. The lowest BCUT2D eigenvalue weighted by atomic mass is 10.1. The molecule has 0 fully saturated rings. The fourth-order valence-electron chi connectivity index (χ4n) is 1.52.